The van der Waals surface area contributed by atoms with Crippen molar-refractivity contribution in [1.82, 2.24) is 15.5 Å². The van der Waals surface area contributed by atoms with E-state index in [2.05, 4.69) is 16.0 Å². The lowest BCUT2D eigenvalue weighted by Crippen LogP contribution is -2.57. The van der Waals surface area contributed by atoms with Crippen molar-refractivity contribution in [2.24, 2.45) is 5.92 Å². The zero-order valence-electron chi connectivity index (χ0n) is 19.7. The normalized spacial score (nSPS) is 17.0. The minimum absolute atomic E-state index is 0.217. The summed E-state index contributed by atoms with van der Waals surface area (Å²) in [4.78, 5) is 40.9. The molecule has 3 amide bonds. The highest BCUT2D eigenvalue weighted by Gasteiger charge is 2.40. The number of halogens is 2. The molecular formula is C25H30F2N4O3. The lowest BCUT2D eigenvalue weighted by Gasteiger charge is -2.39. The number of para-hydroxylation sites is 1. The van der Waals surface area contributed by atoms with Crippen LogP contribution in [0.2, 0.25) is 0 Å². The van der Waals surface area contributed by atoms with Gasteiger partial charge in [-0.1, -0.05) is 44.2 Å². The second-order valence-corrected chi connectivity index (χ2v) is 8.71. The summed E-state index contributed by atoms with van der Waals surface area (Å²) in [6.07, 6.45) is 0.505. The van der Waals surface area contributed by atoms with E-state index in [1.165, 1.54) is 11.0 Å². The van der Waals surface area contributed by atoms with Crippen LogP contribution in [0.4, 0.5) is 14.5 Å². The van der Waals surface area contributed by atoms with Crippen LogP contribution in [0.25, 0.3) is 0 Å². The summed E-state index contributed by atoms with van der Waals surface area (Å²) >= 11 is 0. The van der Waals surface area contributed by atoms with Crippen molar-refractivity contribution >= 4 is 23.4 Å². The van der Waals surface area contributed by atoms with Crippen molar-refractivity contribution in [2.75, 3.05) is 18.9 Å². The molecule has 0 bridgehead atoms. The Kier molecular flexibility index (Phi) is 7.98. The number of rotatable bonds is 7. The number of hydrogen-bond acceptors (Lipinski definition) is 4. The fourth-order valence-corrected chi connectivity index (χ4v) is 4.00. The van der Waals surface area contributed by atoms with Gasteiger partial charge in [-0.3, -0.25) is 14.4 Å². The molecule has 7 nitrogen and oxygen atoms in total. The molecule has 1 heterocycles. The van der Waals surface area contributed by atoms with Gasteiger partial charge in [0.1, 0.15) is 29.4 Å². The van der Waals surface area contributed by atoms with Crippen LogP contribution in [0.1, 0.15) is 37.9 Å². The summed E-state index contributed by atoms with van der Waals surface area (Å²) in [7, 11) is 1.64. The lowest BCUT2D eigenvalue weighted by atomic mass is 9.90. The first kappa shape index (κ1) is 25.3. The Balaban J connectivity index is 1.97. The molecular weight excluding hydrogens is 442 g/mol. The average molecular weight is 473 g/mol. The molecule has 3 N–H and O–H groups in total. The van der Waals surface area contributed by atoms with E-state index in [1.54, 1.807) is 40.0 Å². The highest BCUT2D eigenvalue weighted by molar-refractivity contribution is 6.00. The van der Waals surface area contributed by atoms with Crippen molar-refractivity contribution < 1.29 is 23.2 Å². The van der Waals surface area contributed by atoms with Crippen LogP contribution in [-0.2, 0) is 20.8 Å². The number of amides is 3. The summed E-state index contributed by atoms with van der Waals surface area (Å²) in [5, 5.41) is 7.93. The Morgan fingerprint density at radius 1 is 1.00 bits per heavy atom. The number of carbonyl (C=O) groups is 3. The number of carbonyl (C=O) groups excluding carboxylic acids is 3. The molecule has 2 aromatic carbocycles. The molecule has 1 aliphatic rings. The predicted octanol–water partition coefficient (Wildman–Crippen LogP) is 2.78. The van der Waals surface area contributed by atoms with E-state index in [1.807, 2.05) is 12.1 Å². The van der Waals surface area contributed by atoms with E-state index in [-0.39, 0.29) is 18.4 Å². The summed E-state index contributed by atoms with van der Waals surface area (Å²) in [5.74, 6) is -3.60. The monoisotopic (exact) mass is 472 g/mol. The summed E-state index contributed by atoms with van der Waals surface area (Å²) < 4.78 is 28.5. The number of anilines is 1. The second-order valence-electron chi connectivity index (χ2n) is 8.71. The largest absolute Gasteiger partial charge is 0.343 e. The molecule has 34 heavy (non-hydrogen) atoms. The second kappa shape index (κ2) is 10.7. The van der Waals surface area contributed by atoms with E-state index < -0.39 is 47.3 Å². The minimum Gasteiger partial charge on any atom is -0.343 e. The maximum atomic E-state index is 14.2. The summed E-state index contributed by atoms with van der Waals surface area (Å²) in [6, 6.07) is 7.94. The Hall–Kier alpha value is -3.33. The van der Waals surface area contributed by atoms with Gasteiger partial charge in [0.05, 0.1) is 6.04 Å². The molecule has 2 unspecified atom stereocenters. The molecule has 0 saturated heterocycles. The SMILES string of the molecule is CNC(C)C(=O)NC(C(=O)N1CCc2ccccc2[C@H]1C(=O)Nc1c(F)cccc1F)C(C)C. The van der Waals surface area contributed by atoms with Gasteiger partial charge in [-0.05, 0) is 49.6 Å². The van der Waals surface area contributed by atoms with E-state index in [4.69, 9.17) is 0 Å². The third-order valence-electron chi connectivity index (χ3n) is 6.08. The smallest absolute Gasteiger partial charge is 0.251 e. The van der Waals surface area contributed by atoms with E-state index in [0.29, 0.717) is 12.0 Å². The highest BCUT2D eigenvalue weighted by atomic mass is 19.1. The van der Waals surface area contributed by atoms with Gasteiger partial charge < -0.3 is 20.9 Å². The van der Waals surface area contributed by atoms with Crippen LogP contribution in [0, 0.1) is 17.6 Å². The molecule has 0 saturated carbocycles. The number of likely N-dealkylation sites (N-methyl/N-ethyl adjacent to an activating group) is 1. The van der Waals surface area contributed by atoms with Gasteiger partial charge >= 0.3 is 0 Å². The van der Waals surface area contributed by atoms with Crippen molar-refractivity contribution in [2.45, 2.75) is 45.3 Å². The van der Waals surface area contributed by atoms with Gasteiger partial charge in [-0.15, -0.1) is 0 Å². The molecule has 3 rings (SSSR count). The van der Waals surface area contributed by atoms with Gasteiger partial charge in [-0.25, -0.2) is 8.78 Å². The molecule has 3 atom stereocenters. The first-order valence-corrected chi connectivity index (χ1v) is 11.3. The van der Waals surface area contributed by atoms with Crippen LogP contribution in [0.3, 0.4) is 0 Å². The maximum absolute atomic E-state index is 14.2. The number of nitrogens with one attached hydrogen (secondary N) is 3. The Morgan fingerprint density at radius 2 is 1.65 bits per heavy atom. The number of fused-ring (bicyclic) bond motifs is 1. The molecule has 182 valence electrons. The quantitative estimate of drug-likeness (QED) is 0.578. The Bertz CT molecular complexity index is 1060. The zero-order valence-corrected chi connectivity index (χ0v) is 19.7. The fourth-order valence-electron chi connectivity index (χ4n) is 4.00. The lowest BCUT2D eigenvalue weighted by molar-refractivity contribution is -0.144. The topological polar surface area (TPSA) is 90.5 Å². The van der Waals surface area contributed by atoms with Crippen LogP contribution < -0.4 is 16.0 Å². The van der Waals surface area contributed by atoms with Gasteiger partial charge in [0, 0.05) is 6.54 Å². The van der Waals surface area contributed by atoms with Crippen LogP contribution in [-0.4, -0.2) is 48.3 Å². The molecule has 0 fully saturated rings. The van der Waals surface area contributed by atoms with Gasteiger partial charge in [0.2, 0.25) is 11.8 Å². The fraction of sp³-hybridized carbons (Fsp3) is 0.400. The summed E-state index contributed by atoms with van der Waals surface area (Å²) in [6.45, 7) is 5.49. The standard InChI is InChI=1S/C25H30F2N4O3/c1-14(2)20(29-23(32)15(3)28-4)25(34)31-13-12-16-8-5-6-9-17(16)22(31)24(33)30-21-18(26)10-7-11-19(21)27/h5-11,14-15,20,22,28H,12-13H2,1-4H3,(H,29,32)(H,30,33)/t15?,20?,22-/m0/s1. The third-order valence-corrected chi connectivity index (χ3v) is 6.08. The number of nitrogens with zero attached hydrogens (tertiary/aromatic N) is 1. The number of benzene rings is 2. The van der Waals surface area contributed by atoms with Gasteiger partial charge in [-0.2, -0.15) is 0 Å². The van der Waals surface area contributed by atoms with Gasteiger partial charge in [0.25, 0.3) is 5.91 Å². The molecule has 0 aromatic heterocycles. The first-order valence-electron chi connectivity index (χ1n) is 11.3. The van der Waals surface area contributed by atoms with Crippen molar-refractivity contribution in [3.63, 3.8) is 0 Å². The molecule has 0 aliphatic carbocycles. The van der Waals surface area contributed by atoms with E-state index in [9.17, 15) is 23.2 Å². The van der Waals surface area contributed by atoms with Crippen LogP contribution in [0.15, 0.2) is 42.5 Å². The molecule has 1 aliphatic heterocycles. The van der Waals surface area contributed by atoms with Crippen molar-refractivity contribution in [3.05, 3.63) is 65.2 Å². The van der Waals surface area contributed by atoms with Gasteiger partial charge in [0.15, 0.2) is 0 Å². The van der Waals surface area contributed by atoms with Crippen LogP contribution in [0.5, 0.6) is 0 Å². The third kappa shape index (κ3) is 5.25. The molecule has 2 aromatic rings. The highest BCUT2D eigenvalue weighted by Crippen LogP contribution is 2.32. The minimum atomic E-state index is -1.11. The first-order chi connectivity index (χ1) is 16.1. The molecule has 0 radical (unpaired) electrons. The van der Waals surface area contributed by atoms with Crippen molar-refractivity contribution in [1.29, 1.82) is 0 Å². The maximum Gasteiger partial charge on any atom is 0.251 e. The zero-order chi connectivity index (χ0) is 25.0. The Labute approximate surface area is 197 Å². The van der Waals surface area contributed by atoms with Crippen LogP contribution >= 0.6 is 0 Å². The van der Waals surface area contributed by atoms with E-state index in [0.717, 1.165) is 17.7 Å². The summed E-state index contributed by atoms with van der Waals surface area (Å²) in [5.41, 5.74) is 0.878. The molecule has 0 spiro atoms. The Morgan fingerprint density at radius 3 is 2.26 bits per heavy atom. The predicted molar refractivity (Wildman–Crippen MR) is 125 cm³/mol. The number of hydrogen-bond donors (Lipinski definition) is 3. The average Bonchev–Trinajstić information content (AvgIpc) is 2.82. The van der Waals surface area contributed by atoms with Crippen molar-refractivity contribution in [3.8, 4) is 0 Å². The van der Waals surface area contributed by atoms with E-state index >= 15 is 0 Å². The molecule has 9 heteroatoms.